The van der Waals surface area contributed by atoms with E-state index in [2.05, 4.69) is 22.1 Å². The fourth-order valence-corrected chi connectivity index (χ4v) is 1.97. The minimum absolute atomic E-state index is 0.795. The minimum atomic E-state index is 0.795. The number of likely N-dealkylation sites (N-methyl/N-ethyl adjacent to an activating group) is 1. The van der Waals surface area contributed by atoms with Gasteiger partial charge in [-0.1, -0.05) is 6.92 Å². The molecule has 4 heteroatoms. The molecule has 94 valence electrons. The van der Waals surface area contributed by atoms with Gasteiger partial charge in [-0.05, 0) is 31.5 Å². The number of nitrogens with one attached hydrogen (secondary N) is 1. The topological polar surface area (TPSA) is 37.4 Å². The summed E-state index contributed by atoms with van der Waals surface area (Å²) in [7, 11) is 1.65. The molecule has 1 aromatic heterocycles. The molecule has 0 unspecified atom stereocenters. The van der Waals surface area contributed by atoms with Crippen molar-refractivity contribution in [1.82, 2.24) is 9.88 Å². The first-order chi connectivity index (χ1) is 8.33. The van der Waals surface area contributed by atoms with Gasteiger partial charge in [-0.15, -0.1) is 0 Å². The largest absolute Gasteiger partial charge is 0.495 e. The van der Waals surface area contributed by atoms with E-state index >= 15 is 0 Å². The van der Waals surface area contributed by atoms with E-state index in [1.165, 1.54) is 12.8 Å². The predicted octanol–water partition coefficient (Wildman–Crippen LogP) is 1.99. The molecule has 1 N–H and O–H groups in total. The van der Waals surface area contributed by atoms with Crippen LogP contribution >= 0.6 is 0 Å². The van der Waals surface area contributed by atoms with Gasteiger partial charge in [0.2, 0.25) is 0 Å². The Balaban J connectivity index is 1.73. The number of anilines is 1. The summed E-state index contributed by atoms with van der Waals surface area (Å²) in [6, 6.07) is 4.71. The van der Waals surface area contributed by atoms with Crippen LogP contribution in [0.4, 0.5) is 5.82 Å². The summed E-state index contributed by atoms with van der Waals surface area (Å²) in [4.78, 5) is 6.80. The lowest BCUT2D eigenvalue weighted by molar-refractivity contribution is 0.289. The van der Waals surface area contributed by atoms with Gasteiger partial charge in [-0.25, -0.2) is 4.98 Å². The van der Waals surface area contributed by atoms with Crippen molar-refractivity contribution in [3.05, 3.63) is 18.3 Å². The molecule has 0 bridgehead atoms. The van der Waals surface area contributed by atoms with E-state index < -0.39 is 0 Å². The molecule has 1 saturated carbocycles. The molecule has 0 amide bonds. The second-order valence-corrected chi connectivity index (χ2v) is 4.37. The first-order valence-electron chi connectivity index (χ1n) is 6.31. The van der Waals surface area contributed by atoms with Crippen LogP contribution in [0.1, 0.15) is 19.8 Å². The third-order valence-corrected chi connectivity index (χ3v) is 3.15. The van der Waals surface area contributed by atoms with Crippen LogP contribution in [0.2, 0.25) is 0 Å². The molecule has 0 radical (unpaired) electrons. The van der Waals surface area contributed by atoms with Crippen LogP contribution < -0.4 is 10.1 Å². The molecule has 1 aliphatic rings. The van der Waals surface area contributed by atoms with Gasteiger partial charge >= 0.3 is 0 Å². The zero-order valence-corrected chi connectivity index (χ0v) is 10.6. The number of ether oxygens (including phenoxy) is 1. The zero-order chi connectivity index (χ0) is 12.1. The lowest BCUT2D eigenvalue weighted by atomic mass is 10.4. The molecular formula is C13H21N3O. The van der Waals surface area contributed by atoms with Crippen LogP contribution in [0.15, 0.2) is 18.3 Å². The van der Waals surface area contributed by atoms with E-state index in [4.69, 9.17) is 4.74 Å². The van der Waals surface area contributed by atoms with Gasteiger partial charge in [0.05, 0.1) is 13.3 Å². The van der Waals surface area contributed by atoms with Crippen molar-refractivity contribution < 1.29 is 4.74 Å². The van der Waals surface area contributed by atoms with Gasteiger partial charge in [-0.3, -0.25) is 4.90 Å². The highest BCUT2D eigenvalue weighted by Gasteiger charge is 2.26. The summed E-state index contributed by atoms with van der Waals surface area (Å²) in [6.45, 7) is 5.41. The number of methoxy groups -OCH3 is 1. The van der Waals surface area contributed by atoms with Gasteiger partial charge in [0.15, 0.2) is 0 Å². The second-order valence-electron chi connectivity index (χ2n) is 4.37. The molecule has 1 aromatic rings. The van der Waals surface area contributed by atoms with E-state index in [1.807, 2.05) is 12.1 Å². The van der Waals surface area contributed by atoms with Crippen molar-refractivity contribution in [1.29, 1.82) is 0 Å². The van der Waals surface area contributed by atoms with E-state index in [-0.39, 0.29) is 0 Å². The third-order valence-electron chi connectivity index (χ3n) is 3.15. The summed E-state index contributed by atoms with van der Waals surface area (Å²) in [5.74, 6) is 1.71. The Bertz CT molecular complexity index is 335. The van der Waals surface area contributed by atoms with Crippen molar-refractivity contribution in [3.8, 4) is 5.75 Å². The van der Waals surface area contributed by atoms with Crippen LogP contribution in [0.25, 0.3) is 0 Å². The van der Waals surface area contributed by atoms with Gasteiger partial charge in [0.1, 0.15) is 11.6 Å². The first-order valence-corrected chi connectivity index (χ1v) is 6.31. The van der Waals surface area contributed by atoms with E-state index in [1.54, 1.807) is 13.3 Å². The predicted molar refractivity (Wildman–Crippen MR) is 69.5 cm³/mol. The number of nitrogens with zero attached hydrogens (tertiary/aromatic N) is 2. The SMILES string of the molecule is CCN(CCNc1ccc(OC)cn1)C1CC1. The highest BCUT2D eigenvalue weighted by atomic mass is 16.5. The Morgan fingerprint density at radius 2 is 2.29 bits per heavy atom. The summed E-state index contributed by atoms with van der Waals surface area (Å²) >= 11 is 0. The van der Waals surface area contributed by atoms with Crippen molar-refractivity contribution >= 4 is 5.82 Å². The number of hydrogen-bond acceptors (Lipinski definition) is 4. The van der Waals surface area contributed by atoms with E-state index in [9.17, 15) is 0 Å². The van der Waals surface area contributed by atoms with Crippen molar-refractivity contribution in [2.45, 2.75) is 25.8 Å². The maximum Gasteiger partial charge on any atom is 0.137 e. The molecule has 0 saturated heterocycles. The Hall–Kier alpha value is -1.29. The Morgan fingerprint density at radius 1 is 1.47 bits per heavy atom. The highest BCUT2D eigenvalue weighted by Crippen LogP contribution is 2.25. The first kappa shape index (κ1) is 12.2. The summed E-state index contributed by atoms with van der Waals surface area (Å²) in [5.41, 5.74) is 0. The van der Waals surface area contributed by atoms with Crippen LogP contribution in [0.3, 0.4) is 0 Å². The molecule has 2 rings (SSSR count). The van der Waals surface area contributed by atoms with Crippen molar-refractivity contribution in [2.24, 2.45) is 0 Å². The van der Waals surface area contributed by atoms with Gasteiger partial charge in [0.25, 0.3) is 0 Å². The third kappa shape index (κ3) is 3.60. The van der Waals surface area contributed by atoms with Crippen LogP contribution in [0.5, 0.6) is 5.75 Å². The maximum absolute atomic E-state index is 5.07. The smallest absolute Gasteiger partial charge is 0.137 e. The monoisotopic (exact) mass is 235 g/mol. The normalized spacial score (nSPS) is 15.0. The maximum atomic E-state index is 5.07. The molecule has 0 atom stereocenters. The van der Waals surface area contributed by atoms with Gasteiger partial charge in [-0.2, -0.15) is 0 Å². The number of hydrogen-bond donors (Lipinski definition) is 1. The van der Waals surface area contributed by atoms with Crippen LogP contribution in [-0.4, -0.2) is 42.7 Å². The number of rotatable bonds is 7. The van der Waals surface area contributed by atoms with Crippen LogP contribution in [-0.2, 0) is 0 Å². The number of pyridine rings is 1. The lowest BCUT2D eigenvalue weighted by Gasteiger charge is -2.19. The molecule has 1 fully saturated rings. The van der Waals surface area contributed by atoms with Gasteiger partial charge < -0.3 is 10.1 Å². The standard InChI is InChI=1S/C13H21N3O/c1-3-16(11-4-5-11)9-8-14-13-7-6-12(17-2)10-15-13/h6-7,10-11H,3-5,8-9H2,1-2H3,(H,14,15). The Labute approximate surface area is 103 Å². The average molecular weight is 235 g/mol. The minimum Gasteiger partial charge on any atom is -0.495 e. The molecule has 0 aromatic carbocycles. The summed E-state index contributed by atoms with van der Waals surface area (Å²) < 4.78 is 5.07. The highest BCUT2D eigenvalue weighted by molar-refractivity contribution is 5.37. The fourth-order valence-electron chi connectivity index (χ4n) is 1.97. The second kappa shape index (κ2) is 5.87. The summed E-state index contributed by atoms with van der Waals surface area (Å²) in [6.07, 6.45) is 4.48. The Morgan fingerprint density at radius 3 is 2.82 bits per heavy atom. The quantitative estimate of drug-likeness (QED) is 0.784. The average Bonchev–Trinajstić information content (AvgIpc) is 3.20. The zero-order valence-electron chi connectivity index (χ0n) is 10.6. The van der Waals surface area contributed by atoms with Gasteiger partial charge in [0, 0.05) is 19.1 Å². The molecule has 0 spiro atoms. The van der Waals surface area contributed by atoms with E-state index in [0.717, 1.165) is 37.2 Å². The van der Waals surface area contributed by atoms with Crippen molar-refractivity contribution in [2.75, 3.05) is 32.1 Å². The molecule has 17 heavy (non-hydrogen) atoms. The number of aromatic nitrogens is 1. The fraction of sp³-hybridized carbons (Fsp3) is 0.615. The Kier molecular flexibility index (Phi) is 4.20. The molecule has 1 aliphatic carbocycles. The molecule has 4 nitrogen and oxygen atoms in total. The summed E-state index contributed by atoms with van der Waals surface area (Å²) in [5, 5.41) is 3.34. The molecule has 1 heterocycles. The van der Waals surface area contributed by atoms with E-state index in [0.29, 0.717) is 0 Å². The molecule has 0 aliphatic heterocycles. The van der Waals surface area contributed by atoms with Crippen LogP contribution in [0, 0.1) is 0 Å². The van der Waals surface area contributed by atoms with Crippen molar-refractivity contribution in [3.63, 3.8) is 0 Å². The lowest BCUT2D eigenvalue weighted by Crippen LogP contribution is -2.30. The molecular weight excluding hydrogens is 214 g/mol.